The Labute approximate surface area is 134 Å². The summed E-state index contributed by atoms with van der Waals surface area (Å²) in [6.45, 7) is -0.110. The maximum absolute atomic E-state index is 12.1. The molecule has 7 nitrogen and oxygen atoms in total. The van der Waals surface area contributed by atoms with Crippen molar-refractivity contribution in [1.29, 1.82) is 0 Å². The summed E-state index contributed by atoms with van der Waals surface area (Å²) in [4.78, 5) is 23.0. The minimum Gasteiger partial charge on any atom is -0.398 e. The molecule has 0 aliphatic carbocycles. The Balaban J connectivity index is 2.11. The van der Waals surface area contributed by atoms with E-state index in [1.54, 1.807) is 12.1 Å². The second kappa shape index (κ2) is 6.73. The van der Waals surface area contributed by atoms with Crippen molar-refractivity contribution in [3.8, 4) is 0 Å². The number of amides is 1. The maximum atomic E-state index is 12.1. The fourth-order valence-electron chi connectivity index (χ4n) is 1.84. The summed E-state index contributed by atoms with van der Waals surface area (Å²) < 4.78 is 0.517. The van der Waals surface area contributed by atoms with Gasteiger partial charge in [-0.2, -0.15) is 0 Å². The lowest BCUT2D eigenvalue weighted by molar-refractivity contribution is -0.385. The van der Waals surface area contributed by atoms with Crippen LogP contribution in [0.25, 0.3) is 0 Å². The Bertz CT molecular complexity index is 719. The van der Waals surface area contributed by atoms with E-state index >= 15 is 0 Å². The molecule has 0 bridgehead atoms. The highest BCUT2D eigenvalue weighted by Gasteiger charge is 2.23. The van der Waals surface area contributed by atoms with Crippen molar-refractivity contribution in [3.05, 3.63) is 55.2 Å². The van der Waals surface area contributed by atoms with Crippen LogP contribution in [-0.2, 0) is 0 Å². The average Bonchev–Trinajstić information content (AvgIpc) is 2.90. The Morgan fingerprint density at radius 2 is 2.18 bits per heavy atom. The fourth-order valence-corrected chi connectivity index (χ4v) is 2.89. The highest BCUT2D eigenvalue weighted by Crippen LogP contribution is 2.27. The zero-order valence-corrected chi connectivity index (χ0v) is 12.7. The second-order valence-corrected chi connectivity index (χ2v) is 6.11. The lowest BCUT2D eigenvalue weighted by Gasteiger charge is -2.11. The Hall–Kier alpha value is -2.16. The van der Waals surface area contributed by atoms with E-state index < -0.39 is 16.9 Å². The third kappa shape index (κ3) is 3.53. The van der Waals surface area contributed by atoms with Crippen LogP contribution in [-0.4, -0.2) is 22.5 Å². The number of benzene rings is 1. The van der Waals surface area contributed by atoms with Crippen LogP contribution in [0.2, 0.25) is 4.34 Å². The molecule has 0 saturated heterocycles. The number of rotatable bonds is 5. The number of nitrogen functional groups attached to an aromatic ring is 1. The van der Waals surface area contributed by atoms with Crippen LogP contribution in [0.3, 0.4) is 0 Å². The fraction of sp³-hybridized carbons (Fsp3) is 0.154. The third-order valence-corrected chi connectivity index (χ3v) is 4.21. The second-order valence-electron chi connectivity index (χ2n) is 4.37. The van der Waals surface area contributed by atoms with Crippen LogP contribution < -0.4 is 11.1 Å². The van der Waals surface area contributed by atoms with E-state index in [1.807, 2.05) is 0 Å². The predicted octanol–water partition coefficient (Wildman–Crippen LogP) is 2.36. The number of hydrogen-bond donors (Lipinski definition) is 3. The van der Waals surface area contributed by atoms with E-state index in [0.29, 0.717) is 9.21 Å². The molecule has 9 heteroatoms. The number of nitro benzene ring substituents is 1. The molecule has 4 N–H and O–H groups in total. The number of nitro groups is 1. The van der Waals surface area contributed by atoms with Gasteiger partial charge in [-0.25, -0.2) is 0 Å². The van der Waals surface area contributed by atoms with Crippen molar-refractivity contribution in [3.63, 3.8) is 0 Å². The maximum Gasteiger partial charge on any atom is 0.284 e. The summed E-state index contributed by atoms with van der Waals surface area (Å²) in [5, 5.41) is 23.3. The molecule has 1 aromatic carbocycles. The normalized spacial score (nSPS) is 11.9. The van der Waals surface area contributed by atoms with Gasteiger partial charge in [0.25, 0.3) is 11.6 Å². The monoisotopic (exact) mass is 341 g/mol. The molecule has 0 fully saturated rings. The van der Waals surface area contributed by atoms with Crippen LogP contribution in [0.1, 0.15) is 21.3 Å². The van der Waals surface area contributed by atoms with Gasteiger partial charge in [-0.05, 0) is 18.2 Å². The SMILES string of the molecule is Nc1cccc([N+](=O)[O-])c1C(=O)NCC(O)c1ccc(Cl)s1. The van der Waals surface area contributed by atoms with E-state index in [9.17, 15) is 20.0 Å². The molecular formula is C13H12ClN3O4S. The van der Waals surface area contributed by atoms with Gasteiger partial charge in [0.15, 0.2) is 0 Å². The minimum atomic E-state index is -0.953. The standard InChI is InChI=1S/C13H12ClN3O4S/c14-11-5-4-10(22-11)9(18)6-16-13(19)12-7(15)2-1-3-8(12)17(20)21/h1-5,9,18H,6,15H2,(H,16,19). The van der Waals surface area contributed by atoms with Gasteiger partial charge >= 0.3 is 0 Å². The Morgan fingerprint density at radius 1 is 1.45 bits per heavy atom. The highest BCUT2D eigenvalue weighted by molar-refractivity contribution is 7.16. The molecule has 0 saturated carbocycles. The number of thiophene rings is 1. The molecule has 22 heavy (non-hydrogen) atoms. The quantitative estimate of drug-likeness (QED) is 0.438. The molecule has 1 atom stereocenters. The van der Waals surface area contributed by atoms with Crippen molar-refractivity contribution in [1.82, 2.24) is 5.32 Å². The van der Waals surface area contributed by atoms with Gasteiger partial charge < -0.3 is 16.2 Å². The molecular weight excluding hydrogens is 330 g/mol. The molecule has 0 radical (unpaired) electrons. The summed E-state index contributed by atoms with van der Waals surface area (Å²) in [5.74, 6) is -0.716. The van der Waals surface area contributed by atoms with E-state index in [-0.39, 0.29) is 23.5 Å². The number of carbonyl (C=O) groups excluding carboxylic acids is 1. The van der Waals surface area contributed by atoms with Crippen molar-refractivity contribution in [2.75, 3.05) is 12.3 Å². The number of carbonyl (C=O) groups is 1. The molecule has 116 valence electrons. The van der Waals surface area contributed by atoms with Gasteiger partial charge in [0.2, 0.25) is 0 Å². The number of halogens is 1. The Morgan fingerprint density at radius 3 is 2.77 bits per heavy atom. The lowest BCUT2D eigenvalue weighted by atomic mass is 10.1. The predicted molar refractivity (Wildman–Crippen MR) is 84.1 cm³/mol. The molecule has 0 spiro atoms. The molecule has 1 unspecified atom stereocenters. The summed E-state index contributed by atoms with van der Waals surface area (Å²) in [6, 6.07) is 7.26. The number of nitrogens with zero attached hydrogens (tertiary/aromatic N) is 1. The first-order valence-electron chi connectivity index (χ1n) is 6.14. The summed E-state index contributed by atoms with van der Waals surface area (Å²) in [6.07, 6.45) is -0.953. The van der Waals surface area contributed by atoms with Gasteiger partial charge in [0.05, 0.1) is 14.9 Å². The molecule has 1 amide bonds. The molecule has 2 rings (SSSR count). The molecule has 2 aromatic rings. The topological polar surface area (TPSA) is 118 Å². The van der Waals surface area contributed by atoms with Crippen molar-refractivity contribution < 1.29 is 14.8 Å². The first-order chi connectivity index (χ1) is 10.4. The highest BCUT2D eigenvalue weighted by atomic mass is 35.5. The molecule has 0 aliphatic heterocycles. The number of hydrogen-bond acceptors (Lipinski definition) is 6. The van der Waals surface area contributed by atoms with Crippen molar-refractivity contribution in [2.24, 2.45) is 0 Å². The summed E-state index contributed by atoms with van der Waals surface area (Å²) in [7, 11) is 0. The zero-order valence-electron chi connectivity index (χ0n) is 11.2. The Kier molecular flexibility index (Phi) is 4.96. The largest absolute Gasteiger partial charge is 0.398 e. The van der Waals surface area contributed by atoms with Crippen LogP contribution in [0.5, 0.6) is 0 Å². The number of aliphatic hydroxyl groups is 1. The zero-order chi connectivity index (χ0) is 16.3. The van der Waals surface area contributed by atoms with Crippen LogP contribution >= 0.6 is 22.9 Å². The van der Waals surface area contributed by atoms with E-state index in [4.69, 9.17) is 17.3 Å². The van der Waals surface area contributed by atoms with E-state index in [1.165, 1.54) is 29.5 Å². The minimum absolute atomic E-state index is 0.000331. The van der Waals surface area contributed by atoms with Gasteiger partial charge in [0, 0.05) is 17.5 Å². The molecule has 0 aliphatic rings. The van der Waals surface area contributed by atoms with E-state index in [0.717, 1.165) is 0 Å². The first kappa shape index (κ1) is 16.2. The van der Waals surface area contributed by atoms with Crippen LogP contribution in [0, 0.1) is 10.1 Å². The van der Waals surface area contributed by atoms with Crippen molar-refractivity contribution >= 4 is 40.2 Å². The smallest absolute Gasteiger partial charge is 0.284 e. The number of anilines is 1. The number of aliphatic hydroxyl groups excluding tert-OH is 1. The van der Waals surface area contributed by atoms with Gasteiger partial charge in [-0.1, -0.05) is 17.7 Å². The van der Waals surface area contributed by atoms with Crippen molar-refractivity contribution in [2.45, 2.75) is 6.10 Å². The van der Waals surface area contributed by atoms with Gasteiger partial charge in [0.1, 0.15) is 11.7 Å². The average molecular weight is 342 g/mol. The lowest BCUT2D eigenvalue weighted by Crippen LogP contribution is -2.29. The number of nitrogens with two attached hydrogens (primary N) is 1. The first-order valence-corrected chi connectivity index (χ1v) is 7.34. The van der Waals surface area contributed by atoms with Gasteiger partial charge in [-0.3, -0.25) is 14.9 Å². The van der Waals surface area contributed by atoms with Gasteiger partial charge in [-0.15, -0.1) is 11.3 Å². The molecule has 1 heterocycles. The summed E-state index contributed by atoms with van der Waals surface area (Å²) >= 11 is 6.95. The number of nitrogens with one attached hydrogen (secondary N) is 1. The third-order valence-electron chi connectivity index (χ3n) is 2.88. The molecule has 1 aromatic heterocycles. The van der Waals surface area contributed by atoms with E-state index in [2.05, 4.69) is 5.32 Å². The van der Waals surface area contributed by atoms with Crippen LogP contribution in [0.15, 0.2) is 30.3 Å². The van der Waals surface area contributed by atoms with Crippen LogP contribution in [0.4, 0.5) is 11.4 Å². The summed E-state index contributed by atoms with van der Waals surface area (Å²) in [5.41, 5.74) is 5.04.